The third-order valence-corrected chi connectivity index (χ3v) is 3.95. The smallest absolute Gasteiger partial charge is 0.0635 e. The van der Waals surface area contributed by atoms with E-state index >= 15 is 0 Å². The molecule has 0 aliphatic heterocycles. The van der Waals surface area contributed by atoms with Crippen LogP contribution in [-0.4, -0.2) is 23.5 Å². The summed E-state index contributed by atoms with van der Waals surface area (Å²) in [5.74, 6) is 0.929. The van der Waals surface area contributed by atoms with E-state index in [4.69, 9.17) is 5.26 Å². The Morgan fingerprint density at radius 1 is 1.07 bits per heavy atom. The molecular weight excluding hydrogens is 184 g/mol. The Kier molecular flexibility index (Phi) is 3.64. The van der Waals surface area contributed by atoms with Crippen molar-refractivity contribution < 1.29 is 0 Å². The van der Waals surface area contributed by atoms with Crippen molar-refractivity contribution in [1.82, 2.24) is 4.90 Å². The first-order chi connectivity index (χ1) is 7.31. The lowest BCUT2D eigenvalue weighted by atomic mass is 9.86. The van der Waals surface area contributed by atoms with Crippen LogP contribution in [0.15, 0.2) is 0 Å². The highest BCUT2D eigenvalue weighted by atomic mass is 15.2. The van der Waals surface area contributed by atoms with Gasteiger partial charge in [-0.25, -0.2) is 0 Å². The molecule has 84 valence electrons. The highest BCUT2D eigenvalue weighted by molar-refractivity contribution is 4.91. The Hall–Kier alpha value is -0.550. The molecule has 2 fully saturated rings. The van der Waals surface area contributed by atoms with Crippen molar-refractivity contribution in [3.63, 3.8) is 0 Å². The maximum atomic E-state index is 8.68. The molecular formula is C13H22N2. The van der Waals surface area contributed by atoms with E-state index in [9.17, 15) is 0 Å². The SMILES string of the molecule is CC1CCC(N(CCC#N)C2CC2)CC1. The third-order valence-electron chi connectivity index (χ3n) is 3.95. The van der Waals surface area contributed by atoms with Crippen LogP contribution < -0.4 is 0 Å². The van der Waals surface area contributed by atoms with Gasteiger partial charge in [-0.15, -0.1) is 0 Å². The van der Waals surface area contributed by atoms with Crippen LogP contribution in [0.2, 0.25) is 0 Å². The molecule has 15 heavy (non-hydrogen) atoms. The zero-order valence-electron chi connectivity index (χ0n) is 9.78. The Balaban J connectivity index is 1.84. The van der Waals surface area contributed by atoms with E-state index in [0.29, 0.717) is 6.42 Å². The van der Waals surface area contributed by atoms with Crippen molar-refractivity contribution in [2.45, 2.75) is 64.0 Å². The van der Waals surface area contributed by atoms with E-state index in [1.54, 1.807) is 0 Å². The fourth-order valence-corrected chi connectivity index (χ4v) is 2.82. The Bertz CT molecular complexity index is 231. The monoisotopic (exact) mass is 206 g/mol. The minimum Gasteiger partial charge on any atom is -0.296 e. The minimum atomic E-state index is 0.711. The van der Waals surface area contributed by atoms with Gasteiger partial charge in [-0.2, -0.15) is 5.26 Å². The zero-order valence-corrected chi connectivity index (χ0v) is 9.78. The standard InChI is InChI=1S/C13H22N2/c1-11-3-5-12(6-4-11)15(10-2-9-14)13-7-8-13/h11-13H,2-8,10H2,1H3. The van der Waals surface area contributed by atoms with Crippen molar-refractivity contribution >= 4 is 0 Å². The second-order valence-corrected chi connectivity index (χ2v) is 5.29. The Morgan fingerprint density at radius 3 is 2.07 bits per heavy atom. The summed E-state index contributed by atoms with van der Waals surface area (Å²) in [6.45, 7) is 3.38. The van der Waals surface area contributed by atoms with Crippen molar-refractivity contribution in [2.75, 3.05) is 6.54 Å². The van der Waals surface area contributed by atoms with Crippen LogP contribution in [0.25, 0.3) is 0 Å². The fourth-order valence-electron chi connectivity index (χ4n) is 2.82. The molecule has 0 bridgehead atoms. The molecule has 2 aliphatic carbocycles. The van der Waals surface area contributed by atoms with E-state index in [2.05, 4.69) is 17.9 Å². The first-order valence-corrected chi connectivity index (χ1v) is 6.44. The lowest BCUT2D eigenvalue weighted by Crippen LogP contribution is -2.40. The van der Waals surface area contributed by atoms with Crippen molar-refractivity contribution in [3.8, 4) is 6.07 Å². The van der Waals surface area contributed by atoms with Crippen LogP contribution in [0.4, 0.5) is 0 Å². The van der Waals surface area contributed by atoms with E-state index in [0.717, 1.165) is 24.5 Å². The summed E-state index contributed by atoms with van der Waals surface area (Å²) in [7, 11) is 0. The molecule has 0 unspecified atom stereocenters. The number of nitriles is 1. The van der Waals surface area contributed by atoms with Crippen molar-refractivity contribution in [3.05, 3.63) is 0 Å². The highest BCUT2D eigenvalue weighted by Crippen LogP contribution is 2.35. The summed E-state index contributed by atoms with van der Waals surface area (Å²) in [6, 6.07) is 3.91. The van der Waals surface area contributed by atoms with Gasteiger partial charge in [-0.05, 0) is 44.4 Å². The lowest BCUT2D eigenvalue weighted by Gasteiger charge is -2.36. The molecule has 0 N–H and O–H groups in total. The van der Waals surface area contributed by atoms with E-state index in [1.807, 2.05) is 0 Å². The van der Waals surface area contributed by atoms with Crippen LogP contribution in [0.1, 0.15) is 51.9 Å². The second-order valence-electron chi connectivity index (χ2n) is 5.29. The topological polar surface area (TPSA) is 27.0 Å². The van der Waals surface area contributed by atoms with Gasteiger partial charge >= 0.3 is 0 Å². The van der Waals surface area contributed by atoms with Crippen molar-refractivity contribution in [1.29, 1.82) is 5.26 Å². The van der Waals surface area contributed by atoms with Gasteiger partial charge < -0.3 is 0 Å². The molecule has 2 saturated carbocycles. The number of hydrogen-bond donors (Lipinski definition) is 0. The molecule has 0 aromatic heterocycles. The van der Waals surface area contributed by atoms with Gasteiger partial charge in [0.25, 0.3) is 0 Å². The van der Waals surface area contributed by atoms with Crippen LogP contribution in [0.3, 0.4) is 0 Å². The molecule has 2 rings (SSSR count). The molecule has 0 amide bonds. The average molecular weight is 206 g/mol. The molecule has 0 saturated heterocycles. The van der Waals surface area contributed by atoms with Gasteiger partial charge in [0.1, 0.15) is 0 Å². The summed E-state index contributed by atoms with van der Waals surface area (Å²) in [4.78, 5) is 2.63. The van der Waals surface area contributed by atoms with Gasteiger partial charge in [0.05, 0.1) is 6.07 Å². The molecule has 2 nitrogen and oxygen atoms in total. The average Bonchev–Trinajstić information content (AvgIpc) is 3.05. The predicted octanol–water partition coefficient (Wildman–Crippen LogP) is 2.94. The molecule has 0 spiro atoms. The summed E-state index contributed by atoms with van der Waals surface area (Å²) in [5.41, 5.74) is 0. The van der Waals surface area contributed by atoms with Gasteiger partial charge in [0.2, 0.25) is 0 Å². The molecule has 0 heterocycles. The molecule has 0 radical (unpaired) electrons. The van der Waals surface area contributed by atoms with Crippen molar-refractivity contribution in [2.24, 2.45) is 5.92 Å². The van der Waals surface area contributed by atoms with Gasteiger partial charge in [0, 0.05) is 25.0 Å². The number of nitrogens with zero attached hydrogens (tertiary/aromatic N) is 2. The van der Waals surface area contributed by atoms with Gasteiger partial charge in [-0.3, -0.25) is 4.90 Å². The van der Waals surface area contributed by atoms with Crippen LogP contribution in [-0.2, 0) is 0 Å². The number of rotatable bonds is 4. The number of hydrogen-bond acceptors (Lipinski definition) is 2. The quantitative estimate of drug-likeness (QED) is 0.707. The van der Waals surface area contributed by atoms with E-state index in [1.165, 1.54) is 38.5 Å². The van der Waals surface area contributed by atoms with E-state index in [-0.39, 0.29) is 0 Å². The van der Waals surface area contributed by atoms with Gasteiger partial charge in [-0.1, -0.05) is 6.92 Å². The molecule has 2 heteroatoms. The lowest BCUT2D eigenvalue weighted by molar-refractivity contribution is 0.134. The summed E-state index contributed by atoms with van der Waals surface area (Å²) in [6.07, 6.45) is 8.96. The molecule has 0 atom stereocenters. The van der Waals surface area contributed by atoms with Crippen LogP contribution in [0, 0.1) is 17.2 Å². The summed E-state index contributed by atoms with van der Waals surface area (Å²) in [5, 5.41) is 8.68. The highest BCUT2D eigenvalue weighted by Gasteiger charge is 2.34. The maximum Gasteiger partial charge on any atom is 0.0635 e. The first kappa shape index (κ1) is 11.0. The normalized spacial score (nSPS) is 31.5. The minimum absolute atomic E-state index is 0.711. The predicted molar refractivity (Wildman–Crippen MR) is 61.4 cm³/mol. The molecule has 0 aromatic carbocycles. The fraction of sp³-hybridized carbons (Fsp3) is 0.923. The van der Waals surface area contributed by atoms with Crippen LogP contribution in [0.5, 0.6) is 0 Å². The summed E-state index contributed by atoms with van der Waals surface area (Å²) >= 11 is 0. The summed E-state index contributed by atoms with van der Waals surface area (Å²) < 4.78 is 0. The van der Waals surface area contributed by atoms with Crippen LogP contribution >= 0.6 is 0 Å². The van der Waals surface area contributed by atoms with E-state index < -0.39 is 0 Å². The first-order valence-electron chi connectivity index (χ1n) is 6.44. The Labute approximate surface area is 93.3 Å². The molecule has 0 aromatic rings. The Morgan fingerprint density at radius 2 is 1.60 bits per heavy atom. The maximum absolute atomic E-state index is 8.68. The molecule has 2 aliphatic rings. The zero-order chi connectivity index (χ0) is 10.7. The van der Waals surface area contributed by atoms with Gasteiger partial charge in [0.15, 0.2) is 0 Å². The largest absolute Gasteiger partial charge is 0.296 e. The second kappa shape index (κ2) is 4.99. The third kappa shape index (κ3) is 2.95.